The zero-order chi connectivity index (χ0) is 16.4. The summed E-state index contributed by atoms with van der Waals surface area (Å²) in [6.45, 7) is 2.05. The molecule has 0 radical (unpaired) electrons. The van der Waals surface area contributed by atoms with E-state index in [0.29, 0.717) is 24.5 Å². The molecule has 1 amide bonds. The van der Waals surface area contributed by atoms with Gasteiger partial charge in [0.15, 0.2) is 5.82 Å². The van der Waals surface area contributed by atoms with Crippen molar-refractivity contribution in [1.29, 1.82) is 0 Å². The number of aromatic nitrogens is 4. The number of nitrogens with two attached hydrogens (primary N) is 1. The molecule has 0 aliphatic carbocycles. The van der Waals surface area contributed by atoms with Crippen molar-refractivity contribution < 1.29 is 13.9 Å². The Kier molecular flexibility index (Phi) is 5.81. The number of carbonyl (C=O) groups excluding carboxylic acids is 1. The monoisotopic (exact) mass is 356 g/mol. The molecule has 1 aliphatic rings. The third kappa shape index (κ3) is 3.69. The first-order valence-corrected chi connectivity index (χ1v) is 7.30. The molecular weight excluding hydrogens is 339 g/mol. The average molecular weight is 357 g/mol. The molecule has 1 saturated heterocycles. The predicted molar refractivity (Wildman–Crippen MR) is 86.7 cm³/mol. The van der Waals surface area contributed by atoms with Crippen molar-refractivity contribution in [1.82, 2.24) is 20.2 Å². The molecule has 0 unspecified atom stereocenters. The molecule has 1 fully saturated rings. The molecule has 0 spiro atoms. The van der Waals surface area contributed by atoms with E-state index in [9.17, 15) is 9.18 Å². The molecule has 10 heteroatoms. The molecule has 1 aromatic carbocycles. The van der Waals surface area contributed by atoms with Crippen LogP contribution in [0.15, 0.2) is 18.2 Å². The Balaban J connectivity index is 0.00000208. The van der Waals surface area contributed by atoms with Crippen LogP contribution in [0.4, 0.5) is 10.1 Å². The number of rotatable bonds is 4. The van der Waals surface area contributed by atoms with E-state index >= 15 is 0 Å². The van der Waals surface area contributed by atoms with E-state index in [1.165, 1.54) is 22.9 Å². The van der Waals surface area contributed by atoms with E-state index in [4.69, 9.17) is 10.5 Å². The summed E-state index contributed by atoms with van der Waals surface area (Å²) in [6, 6.07) is 4.21. The van der Waals surface area contributed by atoms with Crippen LogP contribution in [0.5, 0.6) is 0 Å². The van der Waals surface area contributed by atoms with Crippen molar-refractivity contribution >= 4 is 24.0 Å². The highest BCUT2D eigenvalue weighted by Crippen LogP contribution is 2.22. The minimum atomic E-state index is -0.535. The Bertz CT molecular complexity index is 725. The molecule has 0 saturated carbocycles. The lowest BCUT2D eigenvalue weighted by molar-refractivity contribution is -0.126. The summed E-state index contributed by atoms with van der Waals surface area (Å²) >= 11 is 0. The van der Waals surface area contributed by atoms with Crippen LogP contribution in [0.2, 0.25) is 0 Å². The van der Waals surface area contributed by atoms with Crippen LogP contribution in [-0.2, 0) is 9.53 Å². The van der Waals surface area contributed by atoms with Crippen molar-refractivity contribution in [3.05, 3.63) is 29.8 Å². The van der Waals surface area contributed by atoms with Gasteiger partial charge in [0.1, 0.15) is 17.6 Å². The summed E-state index contributed by atoms with van der Waals surface area (Å²) in [7, 11) is 0. The van der Waals surface area contributed by atoms with E-state index in [-0.39, 0.29) is 30.1 Å². The quantitative estimate of drug-likeness (QED) is 0.845. The van der Waals surface area contributed by atoms with Crippen LogP contribution < -0.4 is 11.1 Å². The topological polar surface area (TPSA) is 108 Å². The molecule has 2 heterocycles. The van der Waals surface area contributed by atoms with Crippen molar-refractivity contribution in [3.63, 3.8) is 0 Å². The van der Waals surface area contributed by atoms with E-state index in [1.807, 2.05) is 0 Å². The van der Waals surface area contributed by atoms with Gasteiger partial charge in [0.25, 0.3) is 5.91 Å². The van der Waals surface area contributed by atoms with Gasteiger partial charge in [-0.15, -0.1) is 17.5 Å². The first-order valence-electron chi connectivity index (χ1n) is 7.30. The summed E-state index contributed by atoms with van der Waals surface area (Å²) in [5.41, 5.74) is 6.14. The zero-order valence-electron chi connectivity index (χ0n) is 13.0. The second kappa shape index (κ2) is 7.65. The summed E-state index contributed by atoms with van der Waals surface area (Å²) in [6.07, 6.45) is 0.756. The SMILES string of the molecule is Cc1nnnn1-c1cc(NC(=O)[C@@H]2CC[C@H](CN)O2)ccc1F.Cl. The molecule has 2 aromatic rings. The Morgan fingerprint density at radius 2 is 2.29 bits per heavy atom. The molecule has 1 aromatic heterocycles. The molecule has 3 rings (SSSR count). The average Bonchev–Trinajstić information content (AvgIpc) is 3.18. The highest BCUT2D eigenvalue weighted by atomic mass is 35.5. The Labute approximate surface area is 144 Å². The number of halogens is 2. The maximum absolute atomic E-state index is 14.0. The summed E-state index contributed by atoms with van der Waals surface area (Å²) < 4.78 is 20.8. The third-order valence-corrected chi connectivity index (χ3v) is 3.73. The molecule has 130 valence electrons. The fourth-order valence-corrected chi connectivity index (χ4v) is 2.50. The lowest BCUT2D eigenvalue weighted by Gasteiger charge is -2.13. The minimum Gasteiger partial charge on any atom is -0.364 e. The lowest BCUT2D eigenvalue weighted by atomic mass is 10.2. The van der Waals surface area contributed by atoms with Crippen LogP contribution in [0.25, 0.3) is 5.69 Å². The number of hydrogen-bond donors (Lipinski definition) is 2. The number of anilines is 1. The van der Waals surface area contributed by atoms with E-state index in [1.54, 1.807) is 6.92 Å². The van der Waals surface area contributed by atoms with Crippen molar-refractivity contribution in [2.24, 2.45) is 5.73 Å². The van der Waals surface area contributed by atoms with Gasteiger partial charge in [-0.25, -0.2) is 4.39 Å². The van der Waals surface area contributed by atoms with Crippen LogP contribution in [0, 0.1) is 12.7 Å². The van der Waals surface area contributed by atoms with Gasteiger partial charge >= 0.3 is 0 Å². The van der Waals surface area contributed by atoms with Crippen molar-refractivity contribution in [2.45, 2.75) is 32.0 Å². The van der Waals surface area contributed by atoms with Gasteiger partial charge in [0.2, 0.25) is 0 Å². The Hall–Kier alpha value is -2.10. The van der Waals surface area contributed by atoms with Crippen LogP contribution in [0.3, 0.4) is 0 Å². The first kappa shape index (κ1) is 18.2. The maximum Gasteiger partial charge on any atom is 0.253 e. The second-order valence-corrected chi connectivity index (χ2v) is 5.35. The standard InChI is InChI=1S/C14H17FN6O2.ClH/c1-8-18-19-20-21(8)12-6-9(2-4-11(12)15)17-14(22)13-5-3-10(7-16)23-13;/h2,4,6,10,13H,3,5,7,16H2,1H3,(H,17,22);1H/t10-,13+;/m1./s1. The molecule has 24 heavy (non-hydrogen) atoms. The van der Waals surface area contributed by atoms with Crippen LogP contribution in [-0.4, -0.2) is 44.9 Å². The van der Waals surface area contributed by atoms with Crippen LogP contribution >= 0.6 is 12.4 Å². The van der Waals surface area contributed by atoms with Gasteiger partial charge in [0.05, 0.1) is 6.10 Å². The number of hydrogen-bond acceptors (Lipinski definition) is 6. The number of nitrogens with one attached hydrogen (secondary N) is 1. The Morgan fingerprint density at radius 3 is 2.92 bits per heavy atom. The third-order valence-electron chi connectivity index (χ3n) is 3.73. The number of benzene rings is 1. The lowest BCUT2D eigenvalue weighted by Crippen LogP contribution is -2.29. The maximum atomic E-state index is 14.0. The van der Waals surface area contributed by atoms with Crippen molar-refractivity contribution in [3.8, 4) is 5.69 Å². The smallest absolute Gasteiger partial charge is 0.253 e. The van der Waals surface area contributed by atoms with E-state index in [2.05, 4.69) is 20.8 Å². The fraction of sp³-hybridized carbons (Fsp3) is 0.429. The first-order chi connectivity index (χ1) is 11.1. The molecule has 1 aliphatic heterocycles. The molecular formula is C14H18ClFN6O2. The molecule has 2 atom stereocenters. The summed E-state index contributed by atoms with van der Waals surface area (Å²) in [5.74, 6) is -0.317. The number of amides is 1. The largest absolute Gasteiger partial charge is 0.364 e. The van der Waals surface area contributed by atoms with Gasteiger partial charge in [-0.05, 0) is 48.4 Å². The normalized spacial score (nSPS) is 19.8. The fourth-order valence-electron chi connectivity index (χ4n) is 2.50. The predicted octanol–water partition coefficient (Wildman–Crippen LogP) is 0.976. The molecule has 0 bridgehead atoms. The number of aryl methyl sites for hydroxylation is 1. The number of nitrogens with zero attached hydrogens (tertiary/aromatic N) is 4. The van der Waals surface area contributed by atoms with Gasteiger partial charge < -0.3 is 15.8 Å². The Morgan fingerprint density at radius 1 is 1.50 bits per heavy atom. The van der Waals surface area contributed by atoms with E-state index < -0.39 is 11.9 Å². The highest BCUT2D eigenvalue weighted by Gasteiger charge is 2.30. The van der Waals surface area contributed by atoms with Gasteiger partial charge in [-0.1, -0.05) is 0 Å². The van der Waals surface area contributed by atoms with Gasteiger partial charge in [0, 0.05) is 12.2 Å². The number of carbonyl (C=O) groups is 1. The molecule has 8 nitrogen and oxygen atoms in total. The van der Waals surface area contributed by atoms with Gasteiger partial charge in [-0.3, -0.25) is 4.79 Å². The van der Waals surface area contributed by atoms with Crippen LogP contribution in [0.1, 0.15) is 18.7 Å². The van der Waals surface area contributed by atoms with Crippen molar-refractivity contribution in [2.75, 3.05) is 11.9 Å². The second-order valence-electron chi connectivity index (χ2n) is 5.35. The summed E-state index contributed by atoms with van der Waals surface area (Å²) in [5, 5.41) is 13.7. The highest BCUT2D eigenvalue weighted by molar-refractivity contribution is 5.94. The minimum absolute atomic E-state index is 0. The van der Waals surface area contributed by atoms with Gasteiger partial charge in [-0.2, -0.15) is 4.68 Å². The number of tetrazole rings is 1. The van der Waals surface area contributed by atoms with E-state index in [0.717, 1.165) is 6.42 Å². The summed E-state index contributed by atoms with van der Waals surface area (Å²) in [4.78, 5) is 12.2. The molecule has 3 N–H and O–H groups in total. The number of ether oxygens (including phenoxy) is 1. The zero-order valence-corrected chi connectivity index (χ0v) is 13.8.